The molecule has 0 unspecified atom stereocenters. The molecule has 0 aliphatic heterocycles. The van der Waals surface area contributed by atoms with Gasteiger partial charge in [0.25, 0.3) is 5.69 Å². The predicted molar refractivity (Wildman–Crippen MR) is 77.8 cm³/mol. The average Bonchev–Trinajstić information content (AvgIpc) is 3.26. The van der Waals surface area contributed by atoms with Crippen LogP contribution in [0.25, 0.3) is 0 Å². The van der Waals surface area contributed by atoms with Gasteiger partial charge in [-0.1, -0.05) is 12.1 Å². The van der Waals surface area contributed by atoms with Gasteiger partial charge >= 0.3 is 0 Å². The van der Waals surface area contributed by atoms with E-state index in [4.69, 9.17) is 4.74 Å². The third kappa shape index (κ3) is 5.67. The summed E-state index contributed by atoms with van der Waals surface area (Å²) in [6.07, 6.45) is 4.61. The highest BCUT2D eigenvalue weighted by atomic mass is 16.6. The van der Waals surface area contributed by atoms with Crippen LogP contribution in [0.2, 0.25) is 0 Å². The molecule has 0 aromatic heterocycles. The van der Waals surface area contributed by atoms with E-state index in [1.807, 2.05) is 12.1 Å². The van der Waals surface area contributed by atoms with E-state index in [-0.39, 0.29) is 10.6 Å². The Morgan fingerprint density at radius 3 is 2.65 bits per heavy atom. The van der Waals surface area contributed by atoms with Gasteiger partial charge in [0.15, 0.2) is 0 Å². The standard InChI is InChI=1S/C15H22N2O3/c18-17(19)15-6-4-13(5-7-15)8-10-16-9-1-11-20-12-14-2-3-14/h4-7,14,16H,1-3,8-12H2. The molecule has 0 spiro atoms. The number of nitrogens with zero attached hydrogens (tertiary/aromatic N) is 1. The van der Waals surface area contributed by atoms with Crippen molar-refractivity contribution in [3.63, 3.8) is 0 Å². The zero-order valence-corrected chi connectivity index (χ0v) is 11.7. The average molecular weight is 278 g/mol. The molecule has 1 aliphatic carbocycles. The van der Waals surface area contributed by atoms with Crippen molar-refractivity contribution in [2.45, 2.75) is 25.7 Å². The number of benzene rings is 1. The van der Waals surface area contributed by atoms with Gasteiger partial charge in [-0.25, -0.2) is 0 Å². The van der Waals surface area contributed by atoms with Gasteiger partial charge in [-0.2, -0.15) is 0 Å². The van der Waals surface area contributed by atoms with E-state index < -0.39 is 0 Å². The lowest BCUT2D eigenvalue weighted by Crippen LogP contribution is -2.19. The van der Waals surface area contributed by atoms with Gasteiger partial charge in [0.1, 0.15) is 0 Å². The highest BCUT2D eigenvalue weighted by Crippen LogP contribution is 2.28. The first kappa shape index (κ1) is 14.9. The van der Waals surface area contributed by atoms with E-state index in [0.717, 1.165) is 50.6 Å². The first-order valence-corrected chi connectivity index (χ1v) is 7.27. The van der Waals surface area contributed by atoms with Crippen molar-refractivity contribution in [3.05, 3.63) is 39.9 Å². The minimum Gasteiger partial charge on any atom is -0.381 e. The molecular weight excluding hydrogens is 256 g/mol. The van der Waals surface area contributed by atoms with Crippen LogP contribution in [0.4, 0.5) is 5.69 Å². The number of rotatable bonds is 10. The molecule has 5 heteroatoms. The fraction of sp³-hybridized carbons (Fsp3) is 0.600. The highest BCUT2D eigenvalue weighted by Gasteiger charge is 2.20. The molecule has 1 N–H and O–H groups in total. The molecule has 0 saturated heterocycles. The van der Waals surface area contributed by atoms with Crippen molar-refractivity contribution in [1.82, 2.24) is 5.32 Å². The second-order valence-electron chi connectivity index (χ2n) is 5.30. The second kappa shape index (κ2) is 7.97. The molecular formula is C15H22N2O3. The zero-order chi connectivity index (χ0) is 14.2. The summed E-state index contributed by atoms with van der Waals surface area (Å²) in [6.45, 7) is 3.61. The first-order chi connectivity index (χ1) is 9.75. The van der Waals surface area contributed by atoms with Crippen molar-refractivity contribution in [2.24, 2.45) is 5.92 Å². The van der Waals surface area contributed by atoms with Gasteiger partial charge in [-0.15, -0.1) is 0 Å². The summed E-state index contributed by atoms with van der Waals surface area (Å²) in [5.74, 6) is 0.838. The molecule has 1 aromatic rings. The molecule has 1 fully saturated rings. The quantitative estimate of drug-likeness (QED) is 0.406. The topological polar surface area (TPSA) is 64.4 Å². The lowest BCUT2D eigenvalue weighted by molar-refractivity contribution is -0.384. The second-order valence-corrected chi connectivity index (χ2v) is 5.30. The van der Waals surface area contributed by atoms with Crippen molar-refractivity contribution >= 4 is 5.69 Å². The highest BCUT2D eigenvalue weighted by molar-refractivity contribution is 5.32. The largest absolute Gasteiger partial charge is 0.381 e. The van der Waals surface area contributed by atoms with Crippen LogP contribution in [0.3, 0.4) is 0 Å². The van der Waals surface area contributed by atoms with Gasteiger partial charge in [0, 0.05) is 25.3 Å². The first-order valence-electron chi connectivity index (χ1n) is 7.27. The molecule has 1 saturated carbocycles. The molecule has 0 radical (unpaired) electrons. The van der Waals surface area contributed by atoms with Crippen LogP contribution >= 0.6 is 0 Å². The summed E-state index contributed by atoms with van der Waals surface area (Å²) < 4.78 is 5.55. The van der Waals surface area contributed by atoms with Gasteiger partial charge in [0.2, 0.25) is 0 Å². The number of non-ortho nitro benzene ring substituents is 1. The monoisotopic (exact) mass is 278 g/mol. The summed E-state index contributed by atoms with van der Waals surface area (Å²) in [4.78, 5) is 10.2. The third-order valence-electron chi connectivity index (χ3n) is 3.43. The van der Waals surface area contributed by atoms with Crippen LogP contribution in [-0.4, -0.2) is 31.2 Å². The fourth-order valence-electron chi connectivity index (χ4n) is 1.98. The summed E-state index contributed by atoms with van der Waals surface area (Å²) in [5, 5.41) is 13.9. The Morgan fingerprint density at radius 1 is 1.25 bits per heavy atom. The van der Waals surface area contributed by atoms with E-state index in [2.05, 4.69) is 5.32 Å². The summed E-state index contributed by atoms with van der Waals surface area (Å²) in [5.41, 5.74) is 1.27. The van der Waals surface area contributed by atoms with Crippen LogP contribution < -0.4 is 5.32 Å². The predicted octanol–water partition coefficient (Wildman–Crippen LogP) is 2.54. The zero-order valence-electron chi connectivity index (χ0n) is 11.7. The molecule has 0 bridgehead atoms. The van der Waals surface area contributed by atoms with Gasteiger partial charge < -0.3 is 10.1 Å². The number of nitrogens with one attached hydrogen (secondary N) is 1. The van der Waals surface area contributed by atoms with E-state index >= 15 is 0 Å². The van der Waals surface area contributed by atoms with Gasteiger partial charge in [-0.05, 0) is 50.3 Å². The molecule has 1 aliphatic rings. The molecule has 5 nitrogen and oxygen atoms in total. The van der Waals surface area contributed by atoms with Crippen LogP contribution in [0.15, 0.2) is 24.3 Å². The Hall–Kier alpha value is -1.46. The lowest BCUT2D eigenvalue weighted by Gasteiger charge is -2.06. The minimum atomic E-state index is -0.371. The summed E-state index contributed by atoms with van der Waals surface area (Å²) in [7, 11) is 0. The van der Waals surface area contributed by atoms with Crippen molar-refractivity contribution in [2.75, 3.05) is 26.3 Å². The molecule has 1 aromatic carbocycles. The molecule has 20 heavy (non-hydrogen) atoms. The van der Waals surface area contributed by atoms with E-state index in [9.17, 15) is 10.1 Å². The SMILES string of the molecule is O=[N+]([O-])c1ccc(CCNCCCOCC2CC2)cc1. The van der Waals surface area contributed by atoms with Gasteiger partial charge in [-0.3, -0.25) is 10.1 Å². The van der Waals surface area contributed by atoms with Crippen LogP contribution in [0.5, 0.6) is 0 Å². The Balaban J connectivity index is 1.48. The Bertz CT molecular complexity index is 416. The number of hydrogen-bond acceptors (Lipinski definition) is 4. The number of hydrogen-bond donors (Lipinski definition) is 1. The van der Waals surface area contributed by atoms with Crippen molar-refractivity contribution in [3.8, 4) is 0 Å². The Kier molecular flexibility index (Phi) is 5.95. The van der Waals surface area contributed by atoms with Crippen LogP contribution in [-0.2, 0) is 11.2 Å². The number of nitro groups is 1. The molecule has 2 rings (SSSR count). The van der Waals surface area contributed by atoms with Gasteiger partial charge in [0.05, 0.1) is 4.92 Å². The maximum atomic E-state index is 10.5. The molecule has 0 amide bonds. The van der Waals surface area contributed by atoms with E-state index in [1.165, 1.54) is 12.8 Å². The fourth-order valence-corrected chi connectivity index (χ4v) is 1.98. The summed E-state index contributed by atoms with van der Waals surface area (Å²) >= 11 is 0. The Morgan fingerprint density at radius 2 is 2.00 bits per heavy atom. The van der Waals surface area contributed by atoms with Crippen molar-refractivity contribution < 1.29 is 9.66 Å². The summed E-state index contributed by atoms with van der Waals surface area (Å²) in [6, 6.07) is 6.75. The third-order valence-corrected chi connectivity index (χ3v) is 3.43. The van der Waals surface area contributed by atoms with E-state index in [0.29, 0.717) is 0 Å². The molecule has 0 atom stereocenters. The minimum absolute atomic E-state index is 0.148. The van der Waals surface area contributed by atoms with Crippen LogP contribution in [0.1, 0.15) is 24.8 Å². The maximum Gasteiger partial charge on any atom is 0.269 e. The number of ether oxygens (including phenoxy) is 1. The van der Waals surface area contributed by atoms with E-state index in [1.54, 1.807) is 12.1 Å². The van der Waals surface area contributed by atoms with Crippen LogP contribution in [0, 0.1) is 16.0 Å². The van der Waals surface area contributed by atoms with Crippen molar-refractivity contribution in [1.29, 1.82) is 0 Å². The number of nitro benzene ring substituents is 1. The maximum absolute atomic E-state index is 10.5. The lowest BCUT2D eigenvalue weighted by atomic mass is 10.1. The normalized spacial score (nSPS) is 14.4. The molecule has 110 valence electrons. The smallest absolute Gasteiger partial charge is 0.269 e. The Labute approximate surface area is 119 Å². The molecule has 0 heterocycles.